The van der Waals surface area contributed by atoms with Crippen LogP contribution < -0.4 is 0 Å². The average Bonchev–Trinajstić information content (AvgIpc) is 2.43. The summed E-state index contributed by atoms with van der Waals surface area (Å²) in [6.07, 6.45) is 18.1. The van der Waals surface area contributed by atoms with Crippen LogP contribution in [0.1, 0.15) is 77.0 Å². The first-order chi connectivity index (χ1) is 11.2. The summed E-state index contributed by atoms with van der Waals surface area (Å²) in [5.74, 6) is 6.31. The van der Waals surface area contributed by atoms with Gasteiger partial charge in [-0.15, -0.1) is 0 Å². The minimum Gasteiger partial charge on any atom is -0.358 e. The second-order valence-electron chi connectivity index (χ2n) is 10.6. The van der Waals surface area contributed by atoms with E-state index in [0.717, 1.165) is 35.5 Å². The molecule has 0 aliphatic heterocycles. The van der Waals surface area contributed by atoms with Crippen LogP contribution in [0.2, 0.25) is 0 Å². The molecule has 0 aromatic heterocycles. The van der Waals surface area contributed by atoms with Gasteiger partial charge in [0.1, 0.15) is 0 Å². The average molecular weight is 567 g/mol. The van der Waals surface area contributed by atoms with Gasteiger partial charge in [-0.25, -0.2) is 0 Å². The van der Waals surface area contributed by atoms with Gasteiger partial charge in [0.05, 0.1) is 0 Å². The molecule has 0 saturated heterocycles. The molecule has 8 bridgehead atoms. The Kier molecular flexibility index (Phi) is 5.03. The van der Waals surface area contributed by atoms with E-state index in [2.05, 4.69) is 0 Å². The molecule has 8 saturated carbocycles. The van der Waals surface area contributed by atoms with Gasteiger partial charge < -0.3 is 14.9 Å². The first-order valence-corrected chi connectivity index (χ1v) is 14.1. The third kappa shape index (κ3) is 3.22. The molecular weight excluding hydrogens is 530 g/mol. The van der Waals surface area contributed by atoms with Gasteiger partial charge >= 0.3 is 156 Å². The number of hydrogen-bond donors (Lipinski definition) is 0. The molecular formula is C22H36N2U. The molecule has 8 aliphatic carbocycles. The van der Waals surface area contributed by atoms with E-state index in [4.69, 9.17) is 4.51 Å². The smallest absolute Gasteiger partial charge is 0.358 e. The normalized spacial score (nSPS) is 53.6. The van der Waals surface area contributed by atoms with Gasteiger partial charge in [-0.3, -0.25) is 0 Å². The van der Waals surface area contributed by atoms with Crippen LogP contribution in [0.4, 0.5) is 0 Å². The number of hydrogen-bond acceptors (Lipinski definition) is 2. The third-order valence-electron chi connectivity index (χ3n) is 8.59. The fourth-order valence-electron chi connectivity index (χ4n) is 8.64. The minimum atomic E-state index is -1.25. The predicted molar refractivity (Wildman–Crippen MR) is 99.5 cm³/mol. The Morgan fingerprint density at radius 2 is 0.720 bits per heavy atom. The Hall–Kier alpha value is 0.652. The van der Waals surface area contributed by atoms with Crippen LogP contribution in [0.3, 0.4) is 0 Å². The number of rotatable bonds is 2. The predicted octanol–water partition coefficient (Wildman–Crippen LogP) is 6.28. The van der Waals surface area contributed by atoms with E-state index >= 15 is 0 Å². The summed E-state index contributed by atoms with van der Waals surface area (Å²) in [5, 5.41) is 0. The standard InChI is InChI=1S/2C10H15N.2CH3.U/c2*11-10-4-7-1-8(5-10)3-9(2-7)6-10;;;/h2*7-9H,1-6H2;2*1H3;/q;;2*-1;+2. The van der Waals surface area contributed by atoms with E-state index in [1.807, 2.05) is 0 Å². The Labute approximate surface area is 169 Å². The van der Waals surface area contributed by atoms with E-state index < -0.39 is 27.4 Å². The van der Waals surface area contributed by atoms with Crippen molar-refractivity contribution >= 4 is 0 Å². The first-order valence-electron chi connectivity index (χ1n) is 10.4. The van der Waals surface area contributed by atoms with Crippen LogP contribution in [0.15, 0.2) is 4.51 Å². The number of nitrogens with zero attached hydrogens (tertiary/aromatic N) is 2. The summed E-state index contributed by atoms with van der Waals surface area (Å²) in [6, 6.07) is 0. The van der Waals surface area contributed by atoms with Gasteiger partial charge in [0.25, 0.3) is 0 Å². The maximum absolute atomic E-state index is 5.53. The van der Waals surface area contributed by atoms with Gasteiger partial charge in [-0.05, 0) is 0 Å². The van der Waals surface area contributed by atoms with Crippen LogP contribution in [0.5, 0.6) is 0 Å². The van der Waals surface area contributed by atoms with Crippen molar-refractivity contribution in [3.8, 4) is 0 Å². The summed E-state index contributed by atoms with van der Waals surface area (Å²) < 4.78 is 11.1. The maximum atomic E-state index is 5.53. The molecule has 8 rings (SSSR count). The van der Waals surface area contributed by atoms with Gasteiger partial charge in [-0.1, -0.05) is 0 Å². The summed E-state index contributed by atoms with van der Waals surface area (Å²) in [4.78, 5) is 0. The van der Waals surface area contributed by atoms with Crippen molar-refractivity contribution in [1.29, 1.82) is 0 Å². The zero-order valence-electron chi connectivity index (χ0n) is 16.3. The molecule has 0 spiro atoms. The Morgan fingerprint density at radius 3 is 0.960 bits per heavy atom. The maximum Gasteiger partial charge on any atom is -0.358 e. The zero-order valence-corrected chi connectivity index (χ0v) is 20.5. The van der Waals surface area contributed by atoms with E-state index in [1.54, 1.807) is 38.5 Å². The molecule has 0 radical (unpaired) electrons. The van der Waals surface area contributed by atoms with Crippen molar-refractivity contribution in [2.24, 2.45) is 40.0 Å². The Balaban J connectivity index is 0.000000784. The van der Waals surface area contributed by atoms with E-state index in [-0.39, 0.29) is 14.9 Å². The van der Waals surface area contributed by atoms with E-state index in [9.17, 15) is 0 Å². The van der Waals surface area contributed by atoms with Crippen LogP contribution in [0, 0.1) is 77.8 Å². The van der Waals surface area contributed by atoms with Gasteiger partial charge in [-0.2, -0.15) is 0 Å². The fraction of sp³-hybridized carbons (Fsp3) is 0.909. The molecule has 0 heterocycles. The minimum absolute atomic E-state index is 0. The van der Waals surface area contributed by atoms with Crippen LogP contribution in [-0.4, -0.2) is 11.1 Å². The molecule has 0 aromatic rings. The van der Waals surface area contributed by atoms with Crippen molar-refractivity contribution in [3.05, 3.63) is 14.9 Å². The third-order valence-corrected chi connectivity index (χ3v) is 13.4. The molecule has 0 aromatic carbocycles. The molecule has 138 valence electrons. The zero-order chi connectivity index (χ0) is 15.1. The molecule has 8 aliphatic rings. The van der Waals surface area contributed by atoms with Crippen LogP contribution >= 0.6 is 0 Å². The van der Waals surface area contributed by atoms with Gasteiger partial charge in [0.2, 0.25) is 0 Å². The van der Waals surface area contributed by atoms with E-state index in [0.29, 0.717) is 11.1 Å². The Morgan fingerprint density at radius 1 is 0.480 bits per heavy atom. The van der Waals surface area contributed by atoms with Gasteiger partial charge in [0, 0.05) is 0 Å². The second kappa shape index (κ2) is 6.62. The molecule has 25 heavy (non-hydrogen) atoms. The molecule has 0 unspecified atom stereocenters. The summed E-state index contributed by atoms with van der Waals surface area (Å²) >= 11 is -1.25. The van der Waals surface area contributed by atoms with E-state index in [1.165, 1.54) is 38.5 Å². The largest absolute Gasteiger partial charge is 0.358 e. The molecule has 0 N–H and O–H groups in total. The van der Waals surface area contributed by atoms with Crippen molar-refractivity contribution in [2.75, 3.05) is 0 Å². The quantitative estimate of drug-likeness (QED) is 0.352. The van der Waals surface area contributed by atoms with Crippen molar-refractivity contribution in [3.63, 3.8) is 0 Å². The molecule has 2 nitrogen and oxygen atoms in total. The molecule has 0 amide bonds. The fourth-order valence-corrected chi connectivity index (χ4v) is 12.9. The molecule has 0 atom stereocenters. The summed E-state index contributed by atoms with van der Waals surface area (Å²) in [7, 11) is 0. The Bertz CT molecular complexity index is 470. The van der Waals surface area contributed by atoms with Crippen molar-refractivity contribution in [1.82, 2.24) is 0 Å². The van der Waals surface area contributed by atoms with Crippen molar-refractivity contribution < 1.29 is 27.4 Å². The topological polar surface area (TPSA) is 24.7 Å². The van der Waals surface area contributed by atoms with Crippen LogP contribution in [-0.2, 0) is 0 Å². The summed E-state index contributed by atoms with van der Waals surface area (Å²) in [6.45, 7) is 0. The second-order valence-corrected chi connectivity index (χ2v) is 13.3. The monoisotopic (exact) mass is 566 g/mol. The molecule has 8 fully saturated rings. The van der Waals surface area contributed by atoms with Crippen molar-refractivity contribution in [2.45, 2.75) is 88.1 Å². The summed E-state index contributed by atoms with van der Waals surface area (Å²) in [5.41, 5.74) is 0.937. The van der Waals surface area contributed by atoms with Crippen LogP contribution in [0.25, 0.3) is 0 Å². The van der Waals surface area contributed by atoms with Gasteiger partial charge in [0.15, 0.2) is 0 Å². The molecule has 3 heteroatoms. The SMILES string of the molecule is C1C2CC3CC1CC([N]=[U+2]=[N]C14CC5CC(CC(C5)C1)C4)(C2)C3.[CH3-].[CH3-]. The first kappa shape index (κ1) is 19.0.